The Morgan fingerprint density at radius 2 is 1.13 bits per heavy atom. The van der Waals surface area contributed by atoms with Crippen LogP contribution < -0.4 is 0 Å². The fourth-order valence-corrected chi connectivity index (χ4v) is 13.0. The van der Waals surface area contributed by atoms with Crippen molar-refractivity contribution in [3.63, 3.8) is 0 Å². The summed E-state index contributed by atoms with van der Waals surface area (Å²) in [6.45, 7) is 9.11. The van der Waals surface area contributed by atoms with Crippen LogP contribution in [-0.4, -0.2) is 4.90 Å². The average molecular weight is 1020 g/mol. The fraction of sp³-hybridized carbons (Fsp3) is 0.103. The fourth-order valence-electron chi connectivity index (χ4n) is 13.0. The Labute approximate surface area is 468 Å². The summed E-state index contributed by atoms with van der Waals surface area (Å²) in [7, 11) is 0. The number of rotatable bonds is 15. The van der Waals surface area contributed by atoms with Crippen LogP contribution >= 0.6 is 0 Å². The van der Waals surface area contributed by atoms with E-state index in [-0.39, 0.29) is 0 Å². The molecule has 0 aliphatic heterocycles. The second-order valence-corrected chi connectivity index (χ2v) is 20.7. The topological polar surface area (TPSA) is 3.24 Å². The monoisotopic (exact) mass is 1020 g/mol. The maximum Gasteiger partial charge on any atom is 0.0714 e. The highest BCUT2D eigenvalue weighted by Crippen LogP contribution is 2.59. The van der Waals surface area contributed by atoms with Crippen molar-refractivity contribution in [2.24, 2.45) is 0 Å². The lowest BCUT2D eigenvalue weighted by molar-refractivity contribution is 0.549. The number of fused-ring (bicyclic) bond motifs is 3. The van der Waals surface area contributed by atoms with Crippen molar-refractivity contribution < 1.29 is 0 Å². The molecule has 0 bridgehead atoms. The lowest BCUT2D eigenvalue weighted by atomic mass is 9.66. The summed E-state index contributed by atoms with van der Waals surface area (Å²) in [5.41, 5.74) is 23.6. The first kappa shape index (κ1) is 50.5. The lowest BCUT2D eigenvalue weighted by Gasteiger charge is -2.35. The van der Waals surface area contributed by atoms with Gasteiger partial charge >= 0.3 is 0 Å². The van der Waals surface area contributed by atoms with E-state index in [2.05, 4.69) is 317 Å². The predicted octanol–water partition coefficient (Wildman–Crippen LogP) is 19.8. The molecule has 79 heavy (non-hydrogen) atoms. The molecule has 0 radical (unpaired) electrons. The van der Waals surface area contributed by atoms with Crippen molar-refractivity contribution in [1.82, 2.24) is 4.90 Å². The second-order valence-electron chi connectivity index (χ2n) is 20.7. The van der Waals surface area contributed by atoms with E-state index in [1.54, 1.807) is 0 Å². The summed E-state index contributed by atoms with van der Waals surface area (Å²) in [5.74, 6) is 0. The van der Waals surface area contributed by atoms with E-state index in [4.69, 9.17) is 0 Å². The normalized spacial score (nSPS) is 16.2. The van der Waals surface area contributed by atoms with Crippen LogP contribution in [0.3, 0.4) is 0 Å². The van der Waals surface area contributed by atoms with Crippen LogP contribution in [0.5, 0.6) is 0 Å². The Balaban J connectivity index is 1.03. The van der Waals surface area contributed by atoms with E-state index in [9.17, 15) is 0 Å². The standard InChI is InChI=1S/C78H65N/c1-4-7-44-71-68(6-3)69-55-53-61(56-74(69)78(71,64-37-19-11-20-38-64)65-39-21-12-22-40-65)59-32-28-42-67(54-52-59)79(66(5-2)41-27-29-57-48-50-60(51-49-57)58-30-13-8-14-31-58)75-47-26-25-46-73-76(75)70-43-23-24-45-72(70)77(73,62-33-15-9-16-34-62)63-35-17-10-18-36-63/h5,7-25,27-41,43-56H,2,4,6,26,42H2,1,3H3/b29-27+,44-7-,66-41+. The van der Waals surface area contributed by atoms with Gasteiger partial charge in [-0.3, -0.25) is 0 Å². The number of hydrogen-bond acceptors (Lipinski definition) is 1. The minimum atomic E-state index is -0.560. The molecule has 8 aromatic rings. The zero-order chi connectivity index (χ0) is 53.6. The predicted molar refractivity (Wildman–Crippen MR) is 335 cm³/mol. The summed E-state index contributed by atoms with van der Waals surface area (Å²) < 4.78 is 0. The van der Waals surface area contributed by atoms with Gasteiger partial charge in [0.25, 0.3) is 0 Å². The first-order valence-electron chi connectivity index (χ1n) is 28.1. The quantitative estimate of drug-likeness (QED) is 0.0925. The molecule has 0 heterocycles. The zero-order valence-corrected chi connectivity index (χ0v) is 45.3. The molecule has 1 heteroatoms. The van der Waals surface area contributed by atoms with Gasteiger partial charge in [0.15, 0.2) is 0 Å². The molecule has 0 fully saturated rings. The summed E-state index contributed by atoms with van der Waals surface area (Å²) in [4.78, 5) is 2.49. The molecular weight excluding hydrogens is 951 g/mol. The number of nitrogens with zero attached hydrogens (tertiary/aromatic N) is 1. The molecule has 1 nitrogen and oxygen atoms in total. The van der Waals surface area contributed by atoms with Gasteiger partial charge in [-0.05, 0) is 133 Å². The molecular formula is C78H65N. The minimum absolute atomic E-state index is 0.490. The van der Waals surface area contributed by atoms with Crippen molar-refractivity contribution in [2.75, 3.05) is 0 Å². The maximum absolute atomic E-state index is 4.57. The van der Waals surface area contributed by atoms with E-state index in [0.29, 0.717) is 6.42 Å². The van der Waals surface area contributed by atoms with Gasteiger partial charge in [-0.25, -0.2) is 0 Å². The van der Waals surface area contributed by atoms with Crippen LogP contribution in [-0.2, 0) is 10.8 Å². The van der Waals surface area contributed by atoms with Gasteiger partial charge in [0, 0.05) is 23.4 Å². The molecule has 4 aliphatic carbocycles. The van der Waals surface area contributed by atoms with Crippen LogP contribution in [0.1, 0.15) is 95.2 Å². The summed E-state index contributed by atoms with van der Waals surface area (Å²) in [6.07, 6.45) is 33.3. The van der Waals surface area contributed by atoms with Gasteiger partial charge in [0.05, 0.1) is 16.5 Å². The highest BCUT2D eigenvalue weighted by Gasteiger charge is 2.49. The van der Waals surface area contributed by atoms with E-state index >= 15 is 0 Å². The molecule has 0 amide bonds. The van der Waals surface area contributed by atoms with Gasteiger partial charge in [-0.15, -0.1) is 0 Å². The second kappa shape index (κ2) is 22.3. The van der Waals surface area contributed by atoms with E-state index < -0.39 is 10.8 Å². The van der Waals surface area contributed by atoms with Crippen LogP contribution in [0.4, 0.5) is 0 Å². The molecule has 4 aliphatic rings. The Kier molecular flexibility index (Phi) is 14.3. The number of benzene rings is 8. The molecule has 0 atom stereocenters. The first-order chi connectivity index (χ1) is 39.1. The molecule has 0 unspecified atom stereocenters. The Morgan fingerprint density at radius 3 is 1.75 bits per heavy atom. The van der Waals surface area contributed by atoms with E-state index in [1.807, 2.05) is 6.08 Å². The third kappa shape index (κ3) is 8.96. The Bertz CT molecular complexity index is 3790. The maximum atomic E-state index is 4.57. The molecule has 0 spiro atoms. The van der Waals surface area contributed by atoms with Gasteiger partial charge in [-0.2, -0.15) is 0 Å². The van der Waals surface area contributed by atoms with Crippen LogP contribution in [0.2, 0.25) is 0 Å². The van der Waals surface area contributed by atoms with Crippen molar-refractivity contribution in [1.29, 1.82) is 0 Å². The zero-order valence-electron chi connectivity index (χ0n) is 45.3. The minimum Gasteiger partial charge on any atom is -0.314 e. The van der Waals surface area contributed by atoms with Gasteiger partial charge in [0.2, 0.25) is 0 Å². The van der Waals surface area contributed by atoms with Crippen molar-refractivity contribution >= 4 is 22.8 Å². The molecule has 0 saturated carbocycles. The van der Waals surface area contributed by atoms with Crippen LogP contribution in [0.15, 0.2) is 326 Å². The molecule has 0 N–H and O–H groups in total. The first-order valence-corrected chi connectivity index (χ1v) is 28.1. The molecule has 12 rings (SSSR count). The van der Waals surface area contributed by atoms with Gasteiger partial charge in [0.1, 0.15) is 0 Å². The van der Waals surface area contributed by atoms with Crippen LogP contribution in [0.25, 0.3) is 33.9 Å². The third-order valence-corrected chi connectivity index (χ3v) is 16.4. The SMILES string of the molecule is C=C/C(=C\C=C\c1ccc(-c2ccccc2)cc1)N(C1=CC=C(c2ccc3c(c2)C(c2ccccc2)(c2ccccc2)C(/C=C\CC)=C3CC)C=CC1)C1=CCC=CC2=C1c1ccccc1C2(c1ccccc1)c1ccccc1. The number of hydrogen-bond donors (Lipinski definition) is 0. The Hall–Kier alpha value is -9.30. The summed E-state index contributed by atoms with van der Waals surface area (Å²) in [6, 6.07) is 80.3. The van der Waals surface area contributed by atoms with Crippen molar-refractivity contribution in [3.05, 3.63) is 382 Å². The van der Waals surface area contributed by atoms with E-state index in [1.165, 1.54) is 89.1 Å². The highest BCUT2D eigenvalue weighted by atomic mass is 15.2. The largest absolute Gasteiger partial charge is 0.314 e. The molecule has 0 aromatic heterocycles. The number of allylic oxidation sites excluding steroid dienone is 17. The lowest BCUT2D eigenvalue weighted by Crippen LogP contribution is -2.29. The summed E-state index contributed by atoms with van der Waals surface area (Å²) in [5, 5.41) is 0. The van der Waals surface area contributed by atoms with Gasteiger partial charge in [-0.1, -0.05) is 294 Å². The Morgan fingerprint density at radius 1 is 0.544 bits per heavy atom. The molecule has 8 aromatic carbocycles. The van der Waals surface area contributed by atoms with Crippen molar-refractivity contribution in [3.8, 4) is 11.1 Å². The smallest absolute Gasteiger partial charge is 0.0714 e. The van der Waals surface area contributed by atoms with Crippen LogP contribution in [0, 0.1) is 0 Å². The molecule has 382 valence electrons. The average Bonchev–Trinajstić information content (AvgIpc) is 3.94. The summed E-state index contributed by atoms with van der Waals surface area (Å²) >= 11 is 0. The third-order valence-electron chi connectivity index (χ3n) is 16.4. The van der Waals surface area contributed by atoms with Gasteiger partial charge < -0.3 is 4.90 Å². The van der Waals surface area contributed by atoms with Crippen molar-refractivity contribution in [2.45, 2.75) is 50.4 Å². The highest BCUT2D eigenvalue weighted by molar-refractivity contribution is 5.95. The molecule has 0 saturated heterocycles. The van der Waals surface area contributed by atoms with E-state index in [0.717, 1.165) is 41.9 Å².